The van der Waals surface area contributed by atoms with Crippen molar-refractivity contribution in [3.63, 3.8) is 0 Å². The van der Waals surface area contributed by atoms with E-state index in [9.17, 15) is 9.90 Å². The molecule has 0 aromatic carbocycles. The average molecular weight is 429 g/mol. The molecule has 0 aliphatic carbocycles. The summed E-state index contributed by atoms with van der Waals surface area (Å²) in [5.41, 5.74) is 0. The fraction of sp³-hybridized carbons (Fsp3) is 0.773. The summed E-state index contributed by atoms with van der Waals surface area (Å²) in [6, 6.07) is 0. The van der Waals surface area contributed by atoms with Gasteiger partial charge in [0.05, 0.1) is 25.4 Å². The van der Waals surface area contributed by atoms with Crippen LogP contribution in [0.4, 0.5) is 0 Å². The maximum absolute atomic E-state index is 11.0. The fourth-order valence-electron chi connectivity index (χ4n) is 2.86. The van der Waals surface area contributed by atoms with Gasteiger partial charge in [-0.1, -0.05) is 39.7 Å². The van der Waals surface area contributed by atoms with E-state index >= 15 is 0 Å². The van der Waals surface area contributed by atoms with E-state index in [0.29, 0.717) is 13.2 Å². The topological polar surface area (TPSA) is 85.2 Å². The number of ether oxygens (including phenoxy) is 2. The fourth-order valence-corrected chi connectivity index (χ4v) is 4.05. The Bertz CT molecular complexity index is 556. The molecule has 0 aromatic heterocycles. The van der Waals surface area contributed by atoms with Crippen LogP contribution in [0.3, 0.4) is 0 Å². The second-order valence-electron chi connectivity index (χ2n) is 9.36. The van der Waals surface area contributed by atoms with E-state index in [1.54, 1.807) is 13.0 Å². The molecule has 1 aliphatic heterocycles. The molecule has 6 nitrogen and oxygen atoms in total. The van der Waals surface area contributed by atoms with Gasteiger partial charge in [-0.25, -0.2) is 4.79 Å². The number of unbranched alkanes of at least 4 members (excludes halogenated alkanes) is 2. The normalized spacial score (nSPS) is 19.8. The molecule has 0 spiro atoms. The van der Waals surface area contributed by atoms with Gasteiger partial charge in [-0.15, -0.1) is 0 Å². The first kappa shape index (κ1) is 26.0. The molecule has 1 unspecified atom stereocenters. The van der Waals surface area contributed by atoms with Gasteiger partial charge < -0.3 is 24.1 Å². The smallest absolute Gasteiger partial charge is 0.328 e. The number of carboxylic acid groups (broad SMARTS) is 1. The maximum atomic E-state index is 11.0. The summed E-state index contributed by atoms with van der Waals surface area (Å²) >= 11 is 0. The van der Waals surface area contributed by atoms with Crippen molar-refractivity contribution in [2.45, 2.75) is 95.9 Å². The SMILES string of the molecule is C[C@H](O)CCCCCC1(/C=C/C(/C=C/C(=O)O)O[Si](C)(C)C(C)(C)C)OCCO1. The molecule has 168 valence electrons. The first-order chi connectivity index (χ1) is 13.4. The third-order valence-electron chi connectivity index (χ3n) is 5.63. The summed E-state index contributed by atoms with van der Waals surface area (Å²) in [7, 11) is -2.09. The van der Waals surface area contributed by atoms with Crippen molar-refractivity contribution >= 4 is 14.3 Å². The molecule has 0 bridgehead atoms. The van der Waals surface area contributed by atoms with Gasteiger partial charge in [-0.3, -0.25) is 0 Å². The highest BCUT2D eigenvalue weighted by Crippen LogP contribution is 2.38. The van der Waals surface area contributed by atoms with Gasteiger partial charge in [0.1, 0.15) is 0 Å². The molecular formula is C22H40O6Si. The Balaban J connectivity index is 2.85. The summed E-state index contributed by atoms with van der Waals surface area (Å²) in [6.45, 7) is 13.6. The summed E-state index contributed by atoms with van der Waals surface area (Å²) in [5.74, 6) is -1.78. The molecule has 1 saturated heterocycles. The minimum absolute atomic E-state index is 0.0119. The number of rotatable bonds is 12. The number of hydrogen-bond donors (Lipinski definition) is 2. The Labute approximate surface area is 177 Å². The minimum atomic E-state index is -2.09. The number of hydrogen-bond acceptors (Lipinski definition) is 5. The minimum Gasteiger partial charge on any atom is -0.478 e. The Morgan fingerprint density at radius 3 is 2.31 bits per heavy atom. The third-order valence-corrected chi connectivity index (χ3v) is 10.1. The van der Waals surface area contributed by atoms with Crippen molar-refractivity contribution < 1.29 is 28.9 Å². The zero-order chi connectivity index (χ0) is 22.1. The van der Waals surface area contributed by atoms with Crippen molar-refractivity contribution in [2.75, 3.05) is 13.2 Å². The highest BCUT2D eigenvalue weighted by Gasteiger charge is 2.39. The molecular weight excluding hydrogens is 388 g/mol. The number of aliphatic hydroxyl groups is 1. The van der Waals surface area contributed by atoms with Gasteiger partial charge in [0.25, 0.3) is 0 Å². The van der Waals surface area contributed by atoms with Crippen LogP contribution in [-0.4, -0.2) is 55.7 Å². The monoisotopic (exact) mass is 428 g/mol. The van der Waals surface area contributed by atoms with E-state index in [2.05, 4.69) is 33.9 Å². The summed E-state index contributed by atoms with van der Waals surface area (Å²) in [4.78, 5) is 11.0. The van der Waals surface area contributed by atoms with Crippen molar-refractivity contribution in [1.29, 1.82) is 0 Å². The summed E-state index contributed by atoms with van der Waals surface area (Å²) in [5, 5.41) is 18.4. The molecule has 1 heterocycles. The third kappa shape index (κ3) is 9.57. The Hall–Kier alpha value is -0.993. The summed E-state index contributed by atoms with van der Waals surface area (Å²) in [6.07, 6.45) is 10.1. The standard InChI is InChI=1S/C22H40O6Si/c1-18(23)10-8-7-9-14-22(26-16-17-27-22)15-13-19(11-12-20(24)25)28-29(5,6)21(2,3)4/h11-13,15,18-19,23H,7-10,14,16-17H2,1-6H3,(H,24,25)/b12-11+,15-13+/t18-,19?/m0/s1. The zero-order valence-electron chi connectivity index (χ0n) is 18.9. The van der Waals surface area contributed by atoms with Crippen LogP contribution in [0.15, 0.2) is 24.3 Å². The predicted molar refractivity (Wildman–Crippen MR) is 117 cm³/mol. The van der Waals surface area contributed by atoms with Gasteiger partial charge in [0, 0.05) is 12.5 Å². The van der Waals surface area contributed by atoms with E-state index in [0.717, 1.165) is 38.2 Å². The molecule has 0 saturated carbocycles. The van der Waals surface area contributed by atoms with Crippen molar-refractivity contribution in [1.82, 2.24) is 0 Å². The molecule has 29 heavy (non-hydrogen) atoms. The van der Waals surface area contributed by atoms with E-state index in [1.807, 2.05) is 12.2 Å². The lowest BCUT2D eigenvalue weighted by molar-refractivity contribution is -0.131. The molecule has 0 radical (unpaired) electrons. The maximum Gasteiger partial charge on any atom is 0.328 e. The van der Waals surface area contributed by atoms with Gasteiger partial charge in [0.2, 0.25) is 0 Å². The lowest BCUT2D eigenvalue weighted by atomic mass is 10.0. The highest BCUT2D eigenvalue weighted by atomic mass is 28.4. The van der Waals surface area contributed by atoms with Crippen LogP contribution in [0.5, 0.6) is 0 Å². The van der Waals surface area contributed by atoms with Crippen LogP contribution >= 0.6 is 0 Å². The van der Waals surface area contributed by atoms with Crippen molar-refractivity contribution in [3.8, 4) is 0 Å². The Morgan fingerprint density at radius 1 is 1.17 bits per heavy atom. The second-order valence-corrected chi connectivity index (χ2v) is 14.1. The highest BCUT2D eigenvalue weighted by molar-refractivity contribution is 6.74. The lowest BCUT2D eigenvalue weighted by Crippen LogP contribution is -2.43. The van der Waals surface area contributed by atoms with E-state index in [-0.39, 0.29) is 11.1 Å². The lowest BCUT2D eigenvalue weighted by Gasteiger charge is -2.38. The van der Waals surface area contributed by atoms with Gasteiger partial charge in [-0.05, 0) is 50.0 Å². The van der Waals surface area contributed by atoms with Crippen LogP contribution in [0.2, 0.25) is 18.1 Å². The molecule has 7 heteroatoms. The molecule has 1 fully saturated rings. The van der Waals surface area contributed by atoms with Crippen LogP contribution in [0.25, 0.3) is 0 Å². The summed E-state index contributed by atoms with van der Waals surface area (Å²) < 4.78 is 18.2. The first-order valence-electron chi connectivity index (χ1n) is 10.6. The first-order valence-corrected chi connectivity index (χ1v) is 13.5. The Morgan fingerprint density at radius 2 is 1.79 bits per heavy atom. The number of carbonyl (C=O) groups is 1. The quantitative estimate of drug-likeness (QED) is 0.204. The zero-order valence-corrected chi connectivity index (χ0v) is 19.9. The average Bonchev–Trinajstić information content (AvgIpc) is 3.04. The molecule has 2 N–H and O–H groups in total. The Kier molecular flexibility index (Phi) is 10.2. The van der Waals surface area contributed by atoms with Gasteiger partial charge in [-0.2, -0.15) is 0 Å². The van der Waals surface area contributed by atoms with Gasteiger partial charge in [0.15, 0.2) is 14.1 Å². The molecule has 1 rings (SSSR count). The predicted octanol–water partition coefficient (Wildman–Crippen LogP) is 4.65. The second kappa shape index (κ2) is 11.4. The molecule has 2 atom stereocenters. The van der Waals surface area contributed by atoms with Gasteiger partial charge >= 0.3 is 5.97 Å². The van der Waals surface area contributed by atoms with Crippen LogP contribution < -0.4 is 0 Å². The van der Waals surface area contributed by atoms with Crippen LogP contribution in [-0.2, 0) is 18.7 Å². The molecule has 0 amide bonds. The van der Waals surface area contributed by atoms with E-state index < -0.39 is 26.2 Å². The van der Waals surface area contributed by atoms with E-state index in [4.69, 9.17) is 19.0 Å². The van der Waals surface area contributed by atoms with Crippen LogP contribution in [0, 0.1) is 0 Å². The van der Waals surface area contributed by atoms with Crippen molar-refractivity contribution in [2.24, 2.45) is 0 Å². The van der Waals surface area contributed by atoms with Crippen LogP contribution in [0.1, 0.15) is 59.8 Å². The van der Waals surface area contributed by atoms with Crippen molar-refractivity contribution in [3.05, 3.63) is 24.3 Å². The number of aliphatic carboxylic acids is 1. The number of carboxylic acids is 1. The molecule has 1 aliphatic rings. The largest absolute Gasteiger partial charge is 0.478 e. The van der Waals surface area contributed by atoms with E-state index in [1.165, 1.54) is 0 Å². The molecule has 0 aromatic rings. The number of aliphatic hydroxyl groups excluding tert-OH is 1.